The molecule has 0 amide bonds. The van der Waals surface area contributed by atoms with Crippen LogP contribution >= 0.6 is 15.9 Å². The van der Waals surface area contributed by atoms with Gasteiger partial charge in [-0.25, -0.2) is 8.78 Å². The molecular formula is C14H17BrF2N2. The second-order valence-corrected chi connectivity index (χ2v) is 6.43. The molecule has 1 aromatic rings. The summed E-state index contributed by atoms with van der Waals surface area (Å²) in [5.41, 5.74) is 0.487. The monoisotopic (exact) mass is 330 g/mol. The number of anilines is 1. The lowest BCUT2D eigenvalue weighted by atomic mass is 10.0. The van der Waals surface area contributed by atoms with E-state index in [1.807, 2.05) is 0 Å². The van der Waals surface area contributed by atoms with Crippen LogP contribution < -0.4 is 10.2 Å². The quantitative estimate of drug-likeness (QED) is 0.895. The maximum Gasteiger partial charge on any atom is 0.150 e. The van der Waals surface area contributed by atoms with Crippen LogP contribution in [0.5, 0.6) is 0 Å². The average molecular weight is 331 g/mol. The Morgan fingerprint density at radius 1 is 1.32 bits per heavy atom. The number of nitrogens with zero attached hydrogens (tertiary/aromatic N) is 1. The third kappa shape index (κ3) is 2.63. The van der Waals surface area contributed by atoms with E-state index in [0.717, 1.165) is 25.1 Å². The Morgan fingerprint density at radius 2 is 2.05 bits per heavy atom. The summed E-state index contributed by atoms with van der Waals surface area (Å²) in [6.07, 6.45) is 2.51. The molecule has 0 bridgehead atoms. The molecule has 2 atom stereocenters. The maximum absolute atomic E-state index is 14.1. The summed E-state index contributed by atoms with van der Waals surface area (Å²) in [5, 5.41) is 3.53. The third-order valence-electron chi connectivity index (χ3n) is 4.06. The predicted molar refractivity (Wildman–Crippen MR) is 75.4 cm³/mol. The van der Waals surface area contributed by atoms with Gasteiger partial charge in [-0.3, -0.25) is 0 Å². The van der Waals surface area contributed by atoms with Crippen molar-refractivity contribution in [3.8, 4) is 0 Å². The molecule has 1 saturated carbocycles. The molecule has 2 unspecified atom stereocenters. The van der Waals surface area contributed by atoms with Crippen LogP contribution in [0.4, 0.5) is 14.5 Å². The number of hydrogen-bond acceptors (Lipinski definition) is 2. The first kappa shape index (κ1) is 13.3. The van der Waals surface area contributed by atoms with Gasteiger partial charge in [-0.1, -0.05) is 0 Å². The Bertz CT molecular complexity index is 467. The molecule has 5 heteroatoms. The van der Waals surface area contributed by atoms with Crippen molar-refractivity contribution in [2.24, 2.45) is 5.92 Å². The smallest absolute Gasteiger partial charge is 0.150 e. The Labute approximate surface area is 120 Å². The molecule has 3 rings (SSSR count). The number of halogens is 3. The Kier molecular flexibility index (Phi) is 3.52. The molecule has 1 aromatic carbocycles. The number of piperazine rings is 1. The summed E-state index contributed by atoms with van der Waals surface area (Å²) in [6, 6.07) is 2.92. The number of hydrogen-bond donors (Lipinski definition) is 1. The van der Waals surface area contributed by atoms with E-state index in [2.05, 4.69) is 33.1 Å². The van der Waals surface area contributed by atoms with Gasteiger partial charge in [-0.15, -0.1) is 0 Å². The third-order valence-corrected chi connectivity index (χ3v) is 4.67. The molecule has 0 aromatic heterocycles. The average Bonchev–Trinajstić information content (AvgIpc) is 3.14. The van der Waals surface area contributed by atoms with Crippen LogP contribution in [0.25, 0.3) is 0 Å². The number of benzene rings is 1. The first-order chi connectivity index (χ1) is 9.06. The van der Waals surface area contributed by atoms with Crippen LogP contribution in [-0.4, -0.2) is 25.2 Å². The van der Waals surface area contributed by atoms with Crippen LogP contribution in [0.3, 0.4) is 0 Å². The van der Waals surface area contributed by atoms with Gasteiger partial charge in [0.15, 0.2) is 5.82 Å². The van der Waals surface area contributed by atoms with Crippen LogP contribution in [0.15, 0.2) is 16.6 Å². The Balaban J connectivity index is 1.90. The first-order valence-corrected chi connectivity index (χ1v) is 7.50. The first-order valence-electron chi connectivity index (χ1n) is 6.71. The van der Waals surface area contributed by atoms with E-state index in [9.17, 15) is 8.78 Å². The van der Waals surface area contributed by atoms with Gasteiger partial charge in [0.2, 0.25) is 0 Å². The standard InChI is InChI=1S/C14H17BrF2N2/c1-8-6-18-13(9-2-3-9)7-19(8)14-11(15)4-10(16)5-12(14)17/h4-5,8-9,13,18H,2-3,6-7H2,1H3. The van der Waals surface area contributed by atoms with Crippen molar-refractivity contribution < 1.29 is 8.78 Å². The van der Waals surface area contributed by atoms with Crippen LogP contribution in [0.1, 0.15) is 19.8 Å². The van der Waals surface area contributed by atoms with Crippen molar-refractivity contribution in [2.45, 2.75) is 31.8 Å². The molecule has 1 aliphatic heterocycles. The fourth-order valence-corrected chi connectivity index (χ4v) is 3.46. The van der Waals surface area contributed by atoms with Gasteiger partial charge in [0.05, 0.1) is 5.69 Å². The van der Waals surface area contributed by atoms with Gasteiger partial charge >= 0.3 is 0 Å². The van der Waals surface area contributed by atoms with Crippen LogP contribution in [-0.2, 0) is 0 Å². The van der Waals surface area contributed by atoms with Gasteiger partial charge in [-0.05, 0) is 47.7 Å². The normalized spacial score (nSPS) is 27.7. The fourth-order valence-electron chi connectivity index (χ4n) is 2.82. The minimum atomic E-state index is -0.547. The molecule has 1 aliphatic carbocycles. The minimum absolute atomic E-state index is 0.200. The van der Waals surface area contributed by atoms with Gasteiger partial charge in [0, 0.05) is 35.7 Å². The van der Waals surface area contributed by atoms with Crippen molar-refractivity contribution in [1.82, 2.24) is 5.32 Å². The van der Waals surface area contributed by atoms with E-state index in [4.69, 9.17) is 0 Å². The van der Waals surface area contributed by atoms with Crippen molar-refractivity contribution in [1.29, 1.82) is 0 Å². The highest BCUT2D eigenvalue weighted by molar-refractivity contribution is 9.10. The fraction of sp³-hybridized carbons (Fsp3) is 0.571. The lowest BCUT2D eigenvalue weighted by molar-refractivity contribution is 0.372. The van der Waals surface area contributed by atoms with Gasteiger partial charge in [0.25, 0.3) is 0 Å². The summed E-state index contributed by atoms with van der Waals surface area (Å²) >= 11 is 3.29. The molecule has 1 saturated heterocycles. The molecule has 2 aliphatic rings. The Morgan fingerprint density at radius 3 is 2.68 bits per heavy atom. The van der Waals surface area contributed by atoms with Crippen molar-refractivity contribution in [3.63, 3.8) is 0 Å². The molecule has 0 radical (unpaired) electrons. The topological polar surface area (TPSA) is 15.3 Å². The van der Waals surface area contributed by atoms with E-state index in [-0.39, 0.29) is 6.04 Å². The molecular weight excluding hydrogens is 314 g/mol. The number of rotatable bonds is 2. The van der Waals surface area contributed by atoms with E-state index in [0.29, 0.717) is 16.2 Å². The lowest BCUT2D eigenvalue weighted by Crippen LogP contribution is -2.56. The molecule has 2 fully saturated rings. The lowest BCUT2D eigenvalue weighted by Gasteiger charge is -2.41. The summed E-state index contributed by atoms with van der Waals surface area (Å²) in [5.74, 6) is -0.317. The molecule has 1 heterocycles. The zero-order valence-electron chi connectivity index (χ0n) is 10.8. The highest BCUT2D eigenvalue weighted by Gasteiger charge is 2.37. The van der Waals surface area contributed by atoms with Crippen molar-refractivity contribution >= 4 is 21.6 Å². The summed E-state index contributed by atoms with van der Waals surface area (Å²) in [7, 11) is 0. The predicted octanol–water partition coefficient (Wildman–Crippen LogP) is 3.30. The molecule has 104 valence electrons. The van der Waals surface area contributed by atoms with Gasteiger partial charge in [0.1, 0.15) is 5.82 Å². The van der Waals surface area contributed by atoms with E-state index in [1.165, 1.54) is 18.9 Å². The van der Waals surface area contributed by atoms with Gasteiger partial charge < -0.3 is 10.2 Å². The summed E-state index contributed by atoms with van der Waals surface area (Å²) in [4.78, 5) is 2.05. The molecule has 1 N–H and O–H groups in total. The SMILES string of the molecule is CC1CNC(C2CC2)CN1c1c(F)cc(F)cc1Br. The van der Waals surface area contributed by atoms with E-state index in [1.54, 1.807) is 0 Å². The van der Waals surface area contributed by atoms with E-state index >= 15 is 0 Å². The van der Waals surface area contributed by atoms with E-state index < -0.39 is 11.6 Å². The highest BCUT2D eigenvalue weighted by atomic mass is 79.9. The minimum Gasteiger partial charge on any atom is -0.363 e. The van der Waals surface area contributed by atoms with Crippen molar-refractivity contribution in [3.05, 3.63) is 28.2 Å². The van der Waals surface area contributed by atoms with Gasteiger partial charge in [-0.2, -0.15) is 0 Å². The van der Waals surface area contributed by atoms with Crippen LogP contribution in [0.2, 0.25) is 0 Å². The van der Waals surface area contributed by atoms with Crippen LogP contribution in [0, 0.1) is 17.6 Å². The second kappa shape index (κ2) is 5.02. The zero-order chi connectivity index (χ0) is 13.6. The van der Waals surface area contributed by atoms with Crippen molar-refractivity contribution in [2.75, 3.05) is 18.0 Å². The summed E-state index contributed by atoms with van der Waals surface area (Å²) < 4.78 is 27.8. The zero-order valence-corrected chi connectivity index (χ0v) is 12.4. The molecule has 19 heavy (non-hydrogen) atoms. The Hall–Kier alpha value is -0.680. The largest absolute Gasteiger partial charge is 0.363 e. The maximum atomic E-state index is 14.1. The highest BCUT2D eigenvalue weighted by Crippen LogP contribution is 2.37. The number of nitrogens with one attached hydrogen (secondary N) is 1. The molecule has 2 nitrogen and oxygen atoms in total. The molecule has 0 spiro atoms. The summed E-state index contributed by atoms with van der Waals surface area (Å²) in [6.45, 7) is 3.68. The second-order valence-electron chi connectivity index (χ2n) is 5.57.